The Hall–Kier alpha value is -2.29. The fraction of sp³-hybridized carbons (Fsp3) is 0.364. The summed E-state index contributed by atoms with van der Waals surface area (Å²) in [6.45, 7) is 1.01. The summed E-state index contributed by atoms with van der Waals surface area (Å²) in [4.78, 5) is 16.2. The van der Waals surface area contributed by atoms with Gasteiger partial charge in [-0.3, -0.25) is 0 Å². The summed E-state index contributed by atoms with van der Waals surface area (Å²) in [5, 5.41) is 20.6. The quantitative estimate of drug-likeness (QED) is 0.797. The van der Waals surface area contributed by atoms with Crippen molar-refractivity contribution >= 4 is 11.9 Å². The lowest BCUT2D eigenvalue weighted by Crippen LogP contribution is -2.30. The van der Waals surface area contributed by atoms with Gasteiger partial charge in [-0.2, -0.15) is 5.26 Å². The van der Waals surface area contributed by atoms with Crippen LogP contribution in [0.5, 0.6) is 0 Å². The van der Waals surface area contributed by atoms with E-state index >= 15 is 0 Å². The molecule has 6 nitrogen and oxygen atoms in total. The van der Waals surface area contributed by atoms with E-state index in [-0.39, 0.29) is 6.04 Å². The maximum absolute atomic E-state index is 10.7. The Morgan fingerprint density at radius 3 is 3.00 bits per heavy atom. The molecule has 1 aliphatic rings. The number of nitrogens with one attached hydrogen (secondary N) is 1. The highest BCUT2D eigenvalue weighted by molar-refractivity contribution is 5.65. The molecule has 1 saturated heterocycles. The lowest BCUT2D eigenvalue weighted by molar-refractivity contribution is 0.155. The molecular formula is C11H12N4O2. The van der Waals surface area contributed by atoms with E-state index in [2.05, 4.69) is 10.3 Å². The number of rotatable bonds is 2. The zero-order chi connectivity index (χ0) is 12.3. The van der Waals surface area contributed by atoms with Crippen molar-refractivity contribution < 1.29 is 9.90 Å². The van der Waals surface area contributed by atoms with Gasteiger partial charge in [0.25, 0.3) is 0 Å². The fourth-order valence-corrected chi connectivity index (χ4v) is 1.81. The Labute approximate surface area is 98.5 Å². The van der Waals surface area contributed by atoms with Crippen molar-refractivity contribution in [3.05, 3.63) is 23.9 Å². The number of nitrogens with zero attached hydrogens (tertiary/aromatic N) is 3. The Morgan fingerprint density at radius 1 is 1.65 bits per heavy atom. The Bertz CT molecular complexity index is 452. The lowest BCUT2D eigenvalue weighted by Gasteiger charge is -2.14. The van der Waals surface area contributed by atoms with Crippen LogP contribution in [-0.4, -0.2) is 40.2 Å². The number of hydrogen-bond acceptors (Lipinski definition) is 4. The second kappa shape index (κ2) is 4.70. The molecule has 0 aromatic carbocycles. The number of carboxylic acid groups (broad SMARTS) is 1. The lowest BCUT2D eigenvalue weighted by atomic mass is 10.2. The van der Waals surface area contributed by atoms with Crippen molar-refractivity contribution in [1.82, 2.24) is 9.88 Å². The van der Waals surface area contributed by atoms with Crippen LogP contribution in [0, 0.1) is 11.3 Å². The van der Waals surface area contributed by atoms with Gasteiger partial charge in [0.2, 0.25) is 0 Å². The van der Waals surface area contributed by atoms with E-state index in [4.69, 9.17) is 10.4 Å². The van der Waals surface area contributed by atoms with Gasteiger partial charge in [0.05, 0.1) is 5.56 Å². The van der Waals surface area contributed by atoms with Gasteiger partial charge < -0.3 is 15.3 Å². The van der Waals surface area contributed by atoms with Crippen molar-refractivity contribution in [2.24, 2.45) is 0 Å². The molecule has 0 bridgehead atoms. The molecule has 1 aromatic rings. The molecule has 1 atom stereocenters. The SMILES string of the molecule is N#Cc1ccc(N[C@@H]2CCN(C(=O)O)C2)nc1. The topological polar surface area (TPSA) is 89.2 Å². The van der Waals surface area contributed by atoms with Crippen LogP contribution in [0.25, 0.3) is 0 Å². The molecule has 6 heteroatoms. The summed E-state index contributed by atoms with van der Waals surface area (Å²) in [7, 11) is 0. The third-order valence-electron chi connectivity index (χ3n) is 2.70. The molecule has 1 amide bonds. The van der Waals surface area contributed by atoms with Crippen LogP contribution in [0.2, 0.25) is 0 Å². The molecule has 2 heterocycles. The van der Waals surface area contributed by atoms with E-state index in [1.165, 1.54) is 11.1 Å². The van der Waals surface area contributed by atoms with Gasteiger partial charge in [0.15, 0.2) is 0 Å². The number of anilines is 1. The summed E-state index contributed by atoms with van der Waals surface area (Å²) in [6.07, 6.45) is 1.38. The minimum Gasteiger partial charge on any atom is -0.465 e. The van der Waals surface area contributed by atoms with E-state index < -0.39 is 6.09 Å². The van der Waals surface area contributed by atoms with Gasteiger partial charge in [0.1, 0.15) is 11.9 Å². The van der Waals surface area contributed by atoms with Crippen molar-refractivity contribution in [2.45, 2.75) is 12.5 Å². The molecular weight excluding hydrogens is 220 g/mol. The number of hydrogen-bond donors (Lipinski definition) is 2. The van der Waals surface area contributed by atoms with Crippen LogP contribution in [0.3, 0.4) is 0 Å². The molecule has 0 saturated carbocycles. The van der Waals surface area contributed by atoms with Crippen LogP contribution in [-0.2, 0) is 0 Å². The fourth-order valence-electron chi connectivity index (χ4n) is 1.81. The maximum Gasteiger partial charge on any atom is 0.407 e. The largest absolute Gasteiger partial charge is 0.465 e. The number of carbonyl (C=O) groups is 1. The average molecular weight is 232 g/mol. The molecule has 88 valence electrons. The predicted octanol–water partition coefficient (Wildman–Crippen LogP) is 1.12. The van der Waals surface area contributed by atoms with E-state index in [1.807, 2.05) is 6.07 Å². The summed E-state index contributed by atoms with van der Waals surface area (Å²) >= 11 is 0. The average Bonchev–Trinajstić information content (AvgIpc) is 2.79. The summed E-state index contributed by atoms with van der Waals surface area (Å²) in [6, 6.07) is 5.49. The molecule has 0 spiro atoms. The van der Waals surface area contributed by atoms with E-state index in [9.17, 15) is 4.79 Å². The monoisotopic (exact) mass is 232 g/mol. The first kappa shape index (κ1) is 11.2. The van der Waals surface area contributed by atoms with Gasteiger partial charge in [-0.05, 0) is 18.6 Å². The van der Waals surface area contributed by atoms with Crippen molar-refractivity contribution in [2.75, 3.05) is 18.4 Å². The number of amides is 1. The van der Waals surface area contributed by atoms with Gasteiger partial charge in [-0.15, -0.1) is 0 Å². The third-order valence-corrected chi connectivity index (χ3v) is 2.70. The Balaban J connectivity index is 1.94. The summed E-state index contributed by atoms with van der Waals surface area (Å²) < 4.78 is 0. The second-order valence-electron chi connectivity index (χ2n) is 3.90. The minimum absolute atomic E-state index is 0.0894. The van der Waals surface area contributed by atoms with Gasteiger partial charge >= 0.3 is 6.09 Å². The van der Waals surface area contributed by atoms with Crippen molar-refractivity contribution in [3.63, 3.8) is 0 Å². The first-order valence-corrected chi connectivity index (χ1v) is 5.29. The number of likely N-dealkylation sites (tertiary alicyclic amines) is 1. The maximum atomic E-state index is 10.7. The number of aromatic nitrogens is 1. The predicted molar refractivity (Wildman–Crippen MR) is 60.6 cm³/mol. The second-order valence-corrected chi connectivity index (χ2v) is 3.90. The smallest absolute Gasteiger partial charge is 0.407 e. The van der Waals surface area contributed by atoms with Crippen LogP contribution >= 0.6 is 0 Å². The molecule has 2 N–H and O–H groups in total. The van der Waals surface area contributed by atoms with Crippen LogP contribution in [0.1, 0.15) is 12.0 Å². The van der Waals surface area contributed by atoms with Crippen LogP contribution in [0.4, 0.5) is 10.6 Å². The molecule has 1 fully saturated rings. The first-order chi connectivity index (χ1) is 8.19. The third kappa shape index (κ3) is 2.64. The van der Waals surface area contributed by atoms with Gasteiger partial charge in [-0.25, -0.2) is 9.78 Å². The number of pyridine rings is 1. The van der Waals surface area contributed by atoms with Crippen molar-refractivity contribution in [1.29, 1.82) is 5.26 Å². The van der Waals surface area contributed by atoms with E-state index in [0.29, 0.717) is 24.5 Å². The van der Waals surface area contributed by atoms with Crippen LogP contribution < -0.4 is 5.32 Å². The molecule has 1 aliphatic heterocycles. The Kier molecular flexibility index (Phi) is 3.10. The molecule has 1 aromatic heterocycles. The molecule has 17 heavy (non-hydrogen) atoms. The zero-order valence-electron chi connectivity index (χ0n) is 9.13. The standard InChI is InChI=1S/C11H12N4O2/c12-5-8-1-2-10(13-6-8)14-9-3-4-15(7-9)11(16)17/h1-2,6,9H,3-4,7H2,(H,13,14)(H,16,17)/t9-/m1/s1. The normalized spacial score (nSPS) is 18.8. The van der Waals surface area contributed by atoms with Gasteiger partial charge in [0, 0.05) is 25.3 Å². The van der Waals surface area contributed by atoms with E-state index in [0.717, 1.165) is 6.42 Å². The highest BCUT2D eigenvalue weighted by atomic mass is 16.4. The van der Waals surface area contributed by atoms with E-state index in [1.54, 1.807) is 12.1 Å². The summed E-state index contributed by atoms with van der Waals surface area (Å²) in [5.74, 6) is 0.668. The van der Waals surface area contributed by atoms with Gasteiger partial charge in [-0.1, -0.05) is 0 Å². The highest BCUT2D eigenvalue weighted by Gasteiger charge is 2.25. The van der Waals surface area contributed by atoms with Crippen molar-refractivity contribution in [3.8, 4) is 6.07 Å². The molecule has 2 rings (SSSR count). The molecule has 0 unspecified atom stereocenters. The summed E-state index contributed by atoms with van der Waals surface area (Å²) in [5.41, 5.74) is 0.508. The molecule has 0 radical (unpaired) electrons. The van der Waals surface area contributed by atoms with Crippen LogP contribution in [0.15, 0.2) is 18.3 Å². The highest BCUT2D eigenvalue weighted by Crippen LogP contribution is 2.14. The number of nitriles is 1. The molecule has 0 aliphatic carbocycles. The Morgan fingerprint density at radius 2 is 2.47 bits per heavy atom. The first-order valence-electron chi connectivity index (χ1n) is 5.29. The minimum atomic E-state index is -0.887. The zero-order valence-corrected chi connectivity index (χ0v) is 9.13.